The van der Waals surface area contributed by atoms with Crippen LogP contribution in [0.2, 0.25) is 0 Å². The van der Waals surface area contributed by atoms with Crippen molar-refractivity contribution in [3.8, 4) is 5.69 Å². The maximum atomic E-state index is 13.3. The highest BCUT2D eigenvalue weighted by molar-refractivity contribution is 5.92. The fourth-order valence-corrected chi connectivity index (χ4v) is 1.90. The summed E-state index contributed by atoms with van der Waals surface area (Å²) in [5, 5.41) is 0. The normalized spacial score (nSPS) is 10.7. The van der Waals surface area contributed by atoms with Crippen molar-refractivity contribution in [2.24, 2.45) is 0 Å². The van der Waals surface area contributed by atoms with Crippen LogP contribution in [0.25, 0.3) is 5.69 Å². The van der Waals surface area contributed by atoms with E-state index < -0.39 is 23.4 Å². The van der Waals surface area contributed by atoms with Crippen LogP contribution in [0.3, 0.4) is 0 Å². The molecule has 1 aromatic carbocycles. The first-order valence-corrected chi connectivity index (χ1v) is 6.03. The van der Waals surface area contributed by atoms with Gasteiger partial charge in [-0.2, -0.15) is 0 Å². The van der Waals surface area contributed by atoms with Crippen molar-refractivity contribution in [2.75, 3.05) is 12.3 Å². The fourth-order valence-electron chi connectivity index (χ4n) is 1.90. The number of rotatable bonds is 3. The molecular weight excluding hydrogens is 287 g/mol. The summed E-state index contributed by atoms with van der Waals surface area (Å²) in [7, 11) is 0. The van der Waals surface area contributed by atoms with E-state index in [0.29, 0.717) is 0 Å². The van der Waals surface area contributed by atoms with Crippen molar-refractivity contribution in [2.45, 2.75) is 13.8 Å². The predicted molar refractivity (Wildman–Crippen MR) is 68.5 cm³/mol. The van der Waals surface area contributed by atoms with Crippen LogP contribution in [0.1, 0.15) is 23.2 Å². The van der Waals surface area contributed by atoms with Crippen molar-refractivity contribution >= 4 is 11.8 Å². The SMILES string of the molecule is CCOC(=O)c1nc(C)n(-c2cc(F)c(F)c(F)c2)c1N. The first kappa shape index (κ1) is 14.9. The van der Waals surface area contributed by atoms with Gasteiger partial charge < -0.3 is 10.5 Å². The summed E-state index contributed by atoms with van der Waals surface area (Å²) in [4.78, 5) is 15.6. The number of nitrogens with zero attached hydrogens (tertiary/aromatic N) is 2. The second-order valence-electron chi connectivity index (χ2n) is 4.17. The Morgan fingerprint density at radius 3 is 2.43 bits per heavy atom. The van der Waals surface area contributed by atoms with Gasteiger partial charge in [0.1, 0.15) is 11.6 Å². The van der Waals surface area contributed by atoms with E-state index in [1.807, 2.05) is 0 Å². The van der Waals surface area contributed by atoms with Gasteiger partial charge in [0, 0.05) is 12.1 Å². The predicted octanol–water partition coefficient (Wildman–Crippen LogP) is 2.36. The lowest BCUT2D eigenvalue weighted by Gasteiger charge is -2.08. The number of nitrogens with two attached hydrogens (primary N) is 1. The van der Waals surface area contributed by atoms with Crippen molar-refractivity contribution in [1.29, 1.82) is 0 Å². The molecule has 0 bridgehead atoms. The number of carbonyl (C=O) groups excluding carboxylic acids is 1. The van der Waals surface area contributed by atoms with E-state index in [2.05, 4.69) is 4.98 Å². The molecule has 5 nitrogen and oxygen atoms in total. The molecule has 0 aliphatic carbocycles. The standard InChI is InChI=1S/C13H12F3N3O2/c1-3-21-13(20)11-12(17)19(6(2)18-11)7-4-8(14)10(16)9(15)5-7/h4-5H,3,17H2,1-2H3. The molecule has 0 atom stereocenters. The minimum Gasteiger partial charge on any atom is -0.461 e. The highest BCUT2D eigenvalue weighted by Gasteiger charge is 2.22. The van der Waals surface area contributed by atoms with E-state index >= 15 is 0 Å². The van der Waals surface area contributed by atoms with Crippen LogP contribution >= 0.6 is 0 Å². The van der Waals surface area contributed by atoms with E-state index in [0.717, 1.165) is 16.7 Å². The first-order valence-electron chi connectivity index (χ1n) is 6.03. The summed E-state index contributed by atoms with van der Waals surface area (Å²) in [6.45, 7) is 3.23. The lowest BCUT2D eigenvalue weighted by atomic mass is 10.2. The molecule has 0 amide bonds. The van der Waals surface area contributed by atoms with E-state index in [1.165, 1.54) is 6.92 Å². The molecule has 2 aromatic rings. The zero-order valence-corrected chi connectivity index (χ0v) is 11.3. The van der Waals surface area contributed by atoms with Gasteiger partial charge in [0.15, 0.2) is 23.1 Å². The van der Waals surface area contributed by atoms with Gasteiger partial charge in [-0.15, -0.1) is 0 Å². The molecule has 8 heteroatoms. The fraction of sp³-hybridized carbons (Fsp3) is 0.231. The highest BCUT2D eigenvalue weighted by atomic mass is 19.2. The monoisotopic (exact) mass is 299 g/mol. The summed E-state index contributed by atoms with van der Waals surface area (Å²) in [6, 6.07) is 1.52. The van der Waals surface area contributed by atoms with Crippen molar-refractivity contribution in [3.05, 3.63) is 41.1 Å². The van der Waals surface area contributed by atoms with Crippen LogP contribution in [-0.4, -0.2) is 22.1 Å². The van der Waals surface area contributed by atoms with E-state index in [4.69, 9.17) is 10.5 Å². The molecule has 0 saturated carbocycles. The Bertz CT molecular complexity index is 690. The Morgan fingerprint density at radius 1 is 1.33 bits per heavy atom. The lowest BCUT2D eigenvalue weighted by Crippen LogP contribution is -2.10. The van der Waals surface area contributed by atoms with Gasteiger partial charge in [0.05, 0.1) is 12.3 Å². The summed E-state index contributed by atoms with van der Waals surface area (Å²) >= 11 is 0. The number of carbonyl (C=O) groups is 1. The molecule has 0 aliphatic heterocycles. The topological polar surface area (TPSA) is 70.1 Å². The number of hydrogen-bond acceptors (Lipinski definition) is 4. The molecule has 0 fully saturated rings. The van der Waals surface area contributed by atoms with Gasteiger partial charge in [-0.25, -0.2) is 22.9 Å². The Labute approximate surface area is 118 Å². The van der Waals surface area contributed by atoms with Crippen LogP contribution in [-0.2, 0) is 4.74 Å². The number of ether oxygens (including phenoxy) is 1. The Morgan fingerprint density at radius 2 is 1.90 bits per heavy atom. The number of nitrogen functional groups attached to an aromatic ring is 1. The number of imidazole rings is 1. The molecule has 2 rings (SSSR count). The molecule has 0 radical (unpaired) electrons. The van der Waals surface area contributed by atoms with Crippen LogP contribution in [0.4, 0.5) is 19.0 Å². The van der Waals surface area contributed by atoms with Crippen LogP contribution in [0.15, 0.2) is 12.1 Å². The molecule has 0 unspecified atom stereocenters. The minimum absolute atomic E-state index is 0.0792. The third kappa shape index (κ3) is 2.56. The number of aryl methyl sites for hydroxylation is 1. The first-order chi connectivity index (χ1) is 9.86. The van der Waals surface area contributed by atoms with Gasteiger partial charge in [0.25, 0.3) is 0 Å². The maximum absolute atomic E-state index is 13.3. The smallest absolute Gasteiger partial charge is 0.360 e. The van der Waals surface area contributed by atoms with Crippen molar-refractivity contribution < 1.29 is 22.7 Å². The number of benzene rings is 1. The largest absolute Gasteiger partial charge is 0.461 e. The van der Waals surface area contributed by atoms with Crippen LogP contribution in [0.5, 0.6) is 0 Å². The highest BCUT2D eigenvalue weighted by Crippen LogP contribution is 2.24. The van der Waals surface area contributed by atoms with Crippen molar-refractivity contribution in [3.63, 3.8) is 0 Å². The van der Waals surface area contributed by atoms with Gasteiger partial charge in [-0.3, -0.25) is 4.57 Å². The third-order valence-electron chi connectivity index (χ3n) is 2.78. The third-order valence-corrected chi connectivity index (χ3v) is 2.78. The number of esters is 1. The molecule has 1 aromatic heterocycles. The van der Waals surface area contributed by atoms with E-state index in [-0.39, 0.29) is 29.6 Å². The summed E-state index contributed by atoms with van der Waals surface area (Å²) in [5.74, 6) is -5.00. The zero-order chi connectivity index (χ0) is 15.7. The molecule has 0 saturated heterocycles. The van der Waals surface area contributed by atoms with Gasteiger partial charge >= 0.3 is 5.97 Å². The summed E-state index contributed by atoms with van der Waals surface area (Å²) in [6.07, 6.45) is 0. The number of halogens is 3. The minimum atomic E-state index is -1.58. The van der Waals surface area contributed by atoms with Crippen LogP contribution in [0, 0.1) is 24.4 Å². The maximum Gasteiger partial charge on any atom is 0.360 e. The molecular formula is C13H12F3N3O2. The lowest BCUT2D eigenvalue weighted by molar-refractivity contribution is 0.0521. The summed E-state index contributed by atoms with van der Waals surface area (Å²) in [5.41, 5.74) is 5.52. The molecule has 0 spiro atoms. The Hall–Kier alpha value is -2.51. The number of anilines is 1. The number of aromatic nitrogens is 2. The molecule has 0 aliphatic rings. The molecule has 21 heavy (non-hydrogen) atoms. The Balaban J connectivity index is 2.58. The van der Waals surface area contributed by atoms with Gasteiger partial charge in [-0.05, 0) is 13.8 Å². The average Bonchev–Trinajstić information content (AvgIpc) is 2.71. The van der Waals surface area contributed by atoms with Crippen LogP contribution < -0.4 is 5.73 Å². The zero-order valence-electron chi connectivity index (χ0n) is 11.3. The molecule has 1 heterocycles. The van der Waals surface area contributed by atoms with Gasteiger partial charge in [0.2, 0.25) is 0 Å². The van der Waals surface area contributed by atoms with Crippen molar-refractivity contribution in [1.82, 2.24) is 9.55 Å². The average molecular weight is 299 g/mol. The van der Waals surface area contributed by atoms with Gasteiger partial charge in [-0.1, -0.05) is 0 Å². The molecule has 2 N–H and O–H groups in total. The Kier molecular flexibility index (Phi) is 3.88. The van der Waals surface area contributed by atoms with E-state index in [1.54, 1.807) is 6.92 Å². The quantitative estimate of drug-likeness (QED) is 0.697. The second-order valence-corrected chi connectivity index (χ2v) is 4.17. The summed E-state index contributed by atoms with van der Waals surface area (Å²) < 4.78 is 45.5. The molecule has 112 valence electrons. The second kappa shape index (κ2) is 5.47. The van der Waals surface area contributed by atoms with E-state index in [9.17, 15) is 18.0 Å². The number of hydrogen-bond donors (Lipinski definition) is 1.